The minimum atomic E-state index is -3.16. The largest absolute Gasteiger partial charge is 0.309 e. The van der Waals surface area contributed by atoms with E-state index in [9.17, 15) is 8.42 Å². The third-order valence-corrected chi connectivity index (χ3v) is 5.33. The number of nitrogens with zero attached hydrogens (tertiary/aromatic N) is 1. The van der Waals surface area contributed by atoms with Crippen molar-refractivity contribution in [3.05, 3.63) is 29.3 Å². The van der Waals surface area contributed by atoms with Crippen molar-refractivity contribution in [2.45, 2.75) is 19.9 Å². The topological polar surface area (TPSA) is 71.1 Å². The van der Waals surface area contributed by atoms with Gasteiger partial charge in [-0.3, -0.25) is 4.98 Å². The van der Waals surface area contributed by atoms with Gasteiger partial charge in [-0.1, -0.05) is 6.92 Å². The van der Waals surface area contributed by atoms with Crippen LogP contribution in [0.4, 0.5) is 0 Å². The van der Waals surface area contributed by atoms with Gasteiger partial charge in [-0.2, -0.15) is 0 Å². The van der Waals surface area contributed by atoms with E-state index in [1.807, 2.05) is 24.6 Å². The van der Waals surface area contributed by atoms with Crippen molar-refractivity contribution in [3.63, 3.8) is 0 Å². The molecule has 0 bridgehead atoms. The summed E-state index contributed by atoms with van der Waals surface area (Å²) in [5.41, 5.74) is 2.07. The van der Waals surface area contributed by atoms with Crippen LogP contribution in [0, 0.1) is 0 Å². The lowest BCUT2D eigenvalue weighted by atomic mass is 10.1. The van der Waals surface area contributed by atoms with Crippen molar-refractivity contribution in [1.29, 1.82) is 0 Å². The van der Waals surface area contributed by atoms with Crippen molar-refractivity contribution < 1.29 is 8.42 Å². The summed E-state index contributed by atoms with van der Waals surface area (Å²) < 4.78 is 26.7. The number of pyridine rings is 1. The third kappa shape index (κ3) is 3.99. The molecule has 2 aromatic heterocycles. The highest BCUT2D eigenvalue weighted by Gasteiger charge is 2.11. The van der Waals surface area contributed by atoms with Gasteiger partial charge in [0.05, 0.1) is 16.0 Å². The standard InChI is InChI=1S/C13H19N3O2S2/c1-3-16-20(17,18)7-5-14-10(2)11-8-13-12(15-9-11)4-6-19-13/h4,6,8-10,14,16H,3,5,7H2,1-2H3. The Hall–Kier alpha value is -1.02. The molecule has 2 N–H and O–H groups in total. The predicted octanol–water partition coefficient (Wildman–Crippen LogP) is 1.89. The number of hydrogen-bond donors (Lipinski definition) is 2. The van der Waals surface area contributed by atoms with Crippen molar-refractivity contribution in [3.8, 4) is 0 Å². The third-order valence-electron chi connectivity index (χ3n) is 3.01. The molecule has 0 radical (unpaired) electrons. The first-order chi connectivity index (χ1) is 9.52. The lowest BCUT2D eigenvalue weighted by Gasteiger charge is -2.14. The Labute approximate surface area is 123 Å². The zero-order valence-corrected chi connectivity index (χ0v) is 13.2. The number of rotatable bonds is 7. The van der Waals surface area contributed by atoms with Gasteiger partial charge in [0.2, 0.25) is 10.0 Å². The fraction of sp³-hybridized carbons (Fsp3) is 0.462. The average Bonchev–Trinajstić information content (AvgIpc) is 2.85. The Kier molecular flexibility index (Phi) is 5.09. The number of thiophene rings is 1. The molecule has 0 spiro atoms. The van der Waals surface area contributed by atoms with E-state index >= 15 is 0 Å². The van der Waals surface area contributed by atoms with E-state index in [2.05, 4.69) is 21.1 Å². The molecule has 1 atom stereocenters. The SMILES string of the molecule is CCNS(=O)(=O)CCNC(C)c1cnc2ccsc2c1. The summed E-state index contributed by atoms with van der Waals surface area (Å²) in [6.07, 6.45) is 1.84. The van der Waals surface area contributed by atoms with Gasteiger partial charge >= 0.3 is 0 Å². The van der Waals surface area contributed by atoms with Gasteiger partial charge in [-0.25, -0.2) is 13.1 Å². The first-order valence-electron chi connectivity index (χ1n) is 6.55. The normalized spacial score (nSPS) is 13.7. The first-order valence-corrected chi connectivity index (χ1v) is 9.09. The molecule has 7 heteroatoms. The van der Waals surface area contributed by atoms with Crippen LogP contribution in [-0.4, -0.2) is 32.2 Å². The number of aromatic nitrogens is 1. The molecule has 20 heavy (non-hydrogen) atoms. The quantitative estimate of drug-likeness (QED) is 0.819. The van der Waals surface area contributed by atoms with Crippen LogP contribution in [0.2, 0.25) is 0 Å². The van der Waals surface area contributed by atoms with E-state index in [4.69, 9.17) is 0 Å². The maximum atomic E-state index is 11.5. The zero-order chi connectivity index (χ0) is 14.6. The summed E-state index contributed by atoms with van der Waals surface area (Å²) in [6.45, 7) is 4.63. The molecule has 1 unspecified atom stereocenters. The van der Waals surface area contributed by atoms with Crippen LogP contribution in [0.1, 0.15) is 25.5 Å². The summed E-state index contributed by atoms with van der Waals surface area (Å²) in [5.74, 6) is 0.0832. The maximum Gasteiger partial charge on any atom is 0.212 e. The zero-order valence-electron chi connectivity index (χ0n) is 11.6. The number of sulfonamides is 1. The van der Waals surface area contributed by atoms with E-state index in [0.717, 1.165) is 15.8 Å². The summed E-state index contributed by atoms with van der Waals surface area (Å²) >= 11 is 1.66. The second-order valence-corrected chi connectivity index (χ2v) is 7.44. The highest BCUT2D eigenvalue weighted by atomic mass is 32.2. The van der Waals surface area contributed by atoms with Crippen LogP contribution in [0.3, 0.4) is 0 Å². The van der Waals surface area contributed by atoms with Crippen molar-refractivity contribution in [1.82, 2.24) is 15.0 Å². The molecule has 2 heterocycles. The van der Waals surface area contributed by atoms with Gasteiger partial charge in [0.25, 0.3) is 0 Å². The van der Waals surface area contributed by atoms with Crippen LogP contribution < -0.4 is 10.0 Å². The second-order valence-electron chi connectivity index (χ2n) is 4.57. The number of nitrogens with one attached hydrogen (secondary N) is 2. The molecule has 2 rings (SSSR count). The number of fused-ring (bicyclic) bond motifs is 1. The van der Waals surface area contributed by atoms with Gasteiger partial charge in [-0.05, 0) is 30.0 Å². The van der Waals surface area contributed by atoms with Crippen LogP contribution in [0.25, 0.3) is 10.2 Å². The Morgan fingerprint density at radius 3 is 3.00 bits per heavy atom. The van der Waals surface area contributed by atoms with Gasteiger partial charge < -0.3 is 5.32 Å². The molecule has 0 aliphatic rings. The van der Waals surface area contributed by atoms with Gasteiger partial charge in [0.15, 0.2) is 0 Å². The summed E-state index contributed by atoms with van der Waals surface area (Å²) in [4.78, 5) is 4.39. The van der Waals surface area contributed by atoms with Crippen molar-refractivity contribution in [2.24, 2.45) is 0 Å². The van der Waals surface area contributed by atoms with Gasteiger partial charge in [0.1, 0.15) is 0 Å². The van der Waals surface area contributed by atoms with Crippen LogP contribution in [-0.2, 0) is 10.0 Å². The smallest absolute Gasteiger partial charge is 0.212 e. The Bertz CT molecular complexity index is 667. The highest BCUT2D eigenvalue weighted by Crippen LogP contribution is 2.22. The van der Waals surface area contributed by atoms with Crippen molar-refractivity contribution in [2.75, 3.05) is 18.8 Å². The van der Waals surface area contributed by atoms with E-state index < -0.39 is 10.0 Å². The monoisotopic (exact) mass is 313 g/mol. The number of hydrogen-bond acceptors (Lipinski definition) is 5. The van der Waals surface area contributed by atoms with E-state index in [1.54, 1.807) is 18.3 Å². The Morgan fingerprint density at radius 1 is 1.45 bits per heavy atom. The molecule has 110 valence electrons. The minimum Gasteiger partial charge on any atom is -0.309 e. The van der Waals surface area contributed by atoms with Gasteiger partial charge in [-0.15, -0.1) is 11.3 Å². The molecular formula is C13H19N3O2S2. The average molecular weight is 313 g/mol. The van der Waals surface area contributed by atoms with Crippen LogP contribution in [0.15, 0.2) is 23.7 Å². The highest BCUT2D eigenvalue weighted by molar-refractivity contribution is 7.89. The molecule has 0 aliphatic carbocycles. The fourth-order valence-corrected chi connectivity index (χ4v) is 3.68. The summed E-state index contributed by atoms with van der Waals surface area (Å²) in [6, 6.07) is 4.17. The van der Waals surface area contributed by atoms with E-state index in [1.165, 1.54) is 0 Å². The Balaban J connectivity index is 1.93. The molecule has 2 aromatic rings. The fourth-order valence-electron chi connectivity index (χ4n) is 1.92. The summed E-state index contributed by atoms with van der Waals surface area (Å²) in [5, 5.41) is 5.23. The minimum absolute atomic E-state index is 0.0748. The van der Waals surface area contributed by atoms with E-state index in [-0.39, 0.29) is 11.8 Å². The van der Waals surface area contributed by atoms with Crippen LogP contribution >= 0.6 is 11.3 Å². The molecule has 0 saturated carbocycles. The van der Waals surface area contributed by atoms with E-state index in [0.29, 0.717) is 13.1 Å². The first kappa shape index (κ1) is 15.4. The molecule has 5 nitrogen and oxygen atoms in total. The lowest BCUT2D eigenvalue weighted by Crippen LogP contribution is -2.32. The summed E-state index contributed by atoms with van der Waals surface area (Å²) in [7, 11) is -3.16. The van der Waals surface area contributed by atoms with Gasteiger partial charge in [0, 0.05) is 25.3 Å². The molecule has 0 saturated heterocycles. The molecular weight excluding hydrogens is 294 g/mol. The van der Waals surface area contributed by atoms with Crippen LogP contribution in [0.5, 0.6) is 0 Å². The Morgan fingerprint density at radius 2 is 2.25 bits per heavy atom. The maximum absolute atomic E-state index is 11.5. The lowest BCUT2D eigenvalue weighted by molar-refractivity contribution is 0.564. The molecule has 0 amide bonds. The molecule has 0 fully saturated rings. The van der Waals surface area contributed by atoms with Crippen molar-refractivity contribution >= 4 is 31.6 Å². The molecule has 0 aliphatic heterocycles. The predicted molar refractivity (Wildman–Crippen MR) is 83.5 cm³/mol. The molecule has 0 aromatic carbocycles. The second kappa shape index (κ2) is 6.62.